The monoisotopic (exact) mass is 545 g/mol. The molecule has 166 valence electrons. The Labute approximate surface area is 201 Å². The van der Waals surface area contributed by atoms with Crippen molar-refractivity contribution in [3.63, 3.8) is 0 Å². The summed E-state index contributed by atoms with van der Waals surface area (Å²) in [5.41, 5.74) is 2.28. The molecule has 0 unspecified atom stereocenters. The number of halogens is 2. The van der Waals surface area contributed by atoms with E-state index in [-0.39, 0.29) is 24.0 Å². The summed E-state index contributed by atoms with van der Waals surface area (Å²) in [7, 11) is 0. The first-order valence-electron chi connectivity index (χ1n) is 10.5. The molecule has 1 aromatic carbocycles. The molecule has 0 bridgehead atoms. The van der Waals surface area contributed by atoms with E-state index >= 15 is 0 Å². The van der Waals surface area contributed by atoms with Gasteiger partial charge in [-0.15, -0.1) is 24.0 Å². The molecule has 8 heteroatoms. The molecule has 0 saturated carbocycles. The van der Waals surface area contributed by atoms with E-state index in [0.717, 1.165) is 61.5 Å². The molecule has 0 atom stereocenters. The maximum absolute atomic E-state index is 5.98. The van der Waals surface area contributed by atoms with E-state index in [2.05, 4.69) is 58.6 Å². The van der Waals surface area contributed by atoms with Gasteiger partial charge in [0.15, 0.2) is 11.7 Å². The van der Waals surface area contributed by atoms with Gasteiger partial charge >= 0.3 is 0 Å². The lowest BCUT2D eigenvalue weighted by atomic mass is 10.0. The first kappa shape index (κ1) is 24.9. The fraction of sp³-hybridized carbons (Fsp3) is 0.545. The van der Waals surface area contributed by atoms with Crippen LogP contribution >= 0.6 is 35.6 Å². The molecule has 6 nitrogen and oxygen atoms in total. The number of piperidine rings is 1. The third-order valence-corrected chi connectivity index (χ3v) is 5.41. The summed E-state index contributed by atoms with van der Waals surface area (Å²) in [6.07, 6.45) is 2.19. The van der Waals surface area contributed by atoms with E-state index in [1.165, 1.54) is 5.56 Å². The first-order valence-corrected chi connectivity index (χ1v) is 10.9. The van der Waals surface area contributed by atoms with Gasteiger partial charge in [0.05, 0.1) is 5.69 Å². The molecule has 1 aromatic heterocycles. The third kappa shape index (κ3) is 7.74. The van der Waals surface area contributed by atoms with Crippen molar-refractivity contribution in [1.29, 1.82) is 0 Å². The van der Waals surface area contributed by atoms with E-state index < -0.39 is 0 Å². The second-order valence-corrected chi connectivity index (χ2v) is 8.33. The zero-order chi connectivity index (χ0) is 20.6. The number of aromatic nitrogens is 1. The van der Waals surface area contributed by atoms with Crippen molar-refractivity contribution >= 4 is 41.5 Å². The van der Waals surface area contributed by atoms with Crippen LogP contribution in [0.2, 0.25) is 5.02 Å². The van der Waals surface area contributed by atoms with Gasteiger partial charge in [-0.05, 0) is 43.4 Å². The predicted octanol–water partition coefficient (Wildman–Crippen LogP) is 4.79. The molecule has 2 N–H and O–H groups in total. The zero-order valence-corrected chi connectivity index (χ0v) is 21.1. The van der Waals surface area contributed by atoms with E-state index in [4.69, 9.17) is 16.1 Å². The van der Waals surface area contributed by atoms with E-state index in [0.29, 0.717) is 18.5 Å². The fourth-order valence-corrected chi connectivity index (χ4v) is 3.56. The summed E-state index contributed by atoms with van der Waals surface area (Å²) in [6, 6.07) is 10.6. The zero-order valence-electron chi connectivity index (χ0n) is 18.0. The smallest absolute Gasteiger partial charge is 0.191 e. The second kappa shape index (κ2) is 12.5. The number of likely N-dealkylation sites (tertiary alicyclic amines) is 1. The van der Waals surface area contributed by atoms with Gasteiger partial charge in [0.1, 0.15) is 6.54 Å². The van der Waals surface area contributed by atoms with Gasteiger partial charge in [0.2, 0.25) is 0 Å². The van der Waals surface area contributed by atoms with Gasteiger partial charge < -0.3 is 15.2 Å². The van der Waals surface area contributed by atoms with E-state index in [9.17, 15) is 0 Å². The van der Waals surface area contributed by atoms with Crippen molar-refractivity contribution in [1.82, 2.24) is 20.7 Å². The SMILES string of the molecule is CCNC(=NCc1cc(C(C)C)no1)NC1CCN(Cc2ccc(Cl)cc2)CC1.I. The van der Waals surface area contributed by atoms with Crippen molar-refractivity contribution in [2.75, 3.05) is 19.6 Å². The highest BCUT2D eigenvalue weighted by molar-refractivity contribution is 14.0. The molecule has 0 amide bonds. The molecule has 0 radical (unpaired) electrons. The van der Waals surface area contributed by atoms with Crippen LogP contribution in [0.25, 0.3) is 0 Å². The summed E-state index contributed by atoms with van der Waals surface area (Å²) < 4.78 is 5.39. The maximum atomic E-state index is 5.98. The van der Waals surface area contributed by atoms with Crippen LogP contribution < -0.4 is 10.6 Å². The third-order valence-electron chi connectivity index (χ3n) is 5.15. The summed E-state index contributed by atoms with van der Waals surface area (Å²) in [5.74, 6) is 2.00. The van der Waals surface area contributed by atoms with Crippen LogP contribution in [-0.2, 0) is 13.1 Å². The Balaban J connectivity index is 0.00000320. The van der Waals surface area contributed by atoms with Crippen molar-refractivity contribution in [2.24, 2.45) is 4.99 Å². The average Bonchev–Trinajstić information content (AvgIpc) is 3.19. The molecule has 2 heterocycles. The Kier molecular flexibility index (Phi) is 10.4. The lowest BCUT2D eigenvalue weighted by molar-refractivity contribution is 0.198. The first-order chi connectivity index (χ1) is 14.0. The highest BCUT2D eigenvalue weighted by Gasteiger charge is 2.20. The number of rotatable bonds is 7. The Morgan fingerprint density at radius 1 is 1.27 bits per heavy atom. The molecular weight excluding hydrogens is 513 g/mol. The standard InChI is InChI=1S/C22H32ClN5O.HI/c1-4-24-22(25-14-20-13-21(16(2)3)27-29-20)26-19-9-11-28(12-10-19)15-17-5-7-18(23)8-6-17;/h5-8,13,16,19H,4,9-12,14-15H2,1-3H3,(H2,24,25,26);1H. The number of aliphatic imine (C=N–C) groups is 1. The Bertz CT molecular complexity index is 785. The molecule has 3 rings (SSSR count). The summed E-state index contributed by atoms with van der Waals surface area (Å²) in [5, 5.41) is 11.8. The van der Waals surface area contributed by atoms with Crippen molar-refractivity contribution in [2.45, 2.75) is 58.7 Å². The van der Waals surface area contributed by atoms with Gasteiger partial charge in [-0.25, -0.2) is 4.99 Å². The van der Waals surface area contributed by atoms with Crippen molar-refractivity contribution in [3.05, 3.63) is 52.4 Å². The molecule has 30 heavy (non-hydrogen) atoms. The number of hydrogen-bond donors (Lipinski definition) is 2. The quantitative estimate of drug-likeness (QED) is 0.298. The molecular formula is C22H33ClIN5O. The predicted molar refractivity (Wildman–Crippen MR) is 134 cm³/mol. The second-order valence-electron chi connectivity index (χ2n) is 7.89. The summed E-state index contributed by atoms with van der Waals surface area (Å²) in [4.78, 5) is 7.17. The minimum atomic E-state index is 0. The minimum Gasteiger partial charge on any atom is -0.359 e. The van der Waals surface area contributed by atoms with Crippen LogP contribution in [0.5, 0.6) is 0 Å². The highest BCUT2D eigenvalue weighted by Crippen LogP contribution is 2.17. The van der Waals surface area contributed by atoms with Crippen LogP contribution in [0.4, 0.5) is 0 Å². The number of nitrogens with zero attached hydrogens (tertiary/aromatic N) is 3. The molecule has 1 aliphatic heterocycles. The number of nitrogens with one attached hydrogen (secondary N) is 2. The molecule has 1 aliphatic rings. The van der Waals surface area contributed by atoms with Crippen LogP contribution in [0.15, 0.2) is 39.8 Å². The summed E-state index contributed by atoms with van der Waals surface area (Å²) >= 11 is 5.98. The normalized spacial score (nSPS) is 15.8. The van der Waals surface area contributed by atoms with Gasteiger partial charge in [-0.3, -0.25) is 4.90 Å². The Hall–Kier alpha value is -1.32. The summed E-state index contributed by atoms with van der Waals surface area (Å²) in [6.45, 7) is 10.7. The largest absolute Gasteiger partial charge is 0.359 e. The lowest BCUT2D eigenvalue weighted by Crippen LogP contribution is -2.48. The van der Waals surface area contributed by atoms with Gasteiger partial charge in [-0.1, -0.05) is 42.7 Å². The van der Waals surface area contributed by atoms with Crippen LogP contribution in [0.3, 0.4) is 0 Å². The fourth-order valence-electron chi connectivity index (χ4n) is 3.43. The van der Waals surface area contributed by atoms with E-state index in [1.54, 1.807) is 0 Å². The molecule has 0 spiro atoms. The van der Waals surface area contributed by atoms with E-state index in [1.807, 2.05) is 18.2 Å². The minimum absolute atomic E-state index is 0. The van der Waals surface area contributed by atoms with Crippen LogP contribution in [0.1, 0.15) is 56.5 Å². The average molecular weight is 546 g/mol. The van der Waals surface area contributed by atoms with Crippen LogP contribution in [0, 0.1) is 0 Å². The lowest BCUT2D eigenvalue weighted by Gasteiger charge is -2.33. The molecule has 1 fully saturated rings. The molecule has 2 aromatic rings. The molecule has 0 aliphatic carbocycles. The van der Waals surface area contributed by atoms with Gasteiger partial charge in [0.25, 0.3) is 0 Å². The van der Waals surface area contributed by atoms with Gasteiger partial charge in [-0.2, -0.15) is 0 Å². The maximum Gasteiger partial charge on any atom is 0.191 e. The Morgan fingerprint density at radius 2 is 1.97 bits per heavy atom. The van der Waals surface area contributed by atoms with Crippen molar-refractivity contribution < 1.29 is 4.52 Å². The molecule has 1 saturated heterocycles. The van der Waals surface area contributed by atoms with Crippen molar-refractivity contribution in [3.8, 4) is 0 Å². The van der Waals surface area contributed by atoms with Crippen LogP contribution in [-0.4, -0.2) is 41.7 Å². The topological polar surface area (TPSA) is 65.7 Å². The van der Waals surface area contributed by atoms with Gasteiger partial charge in [0, 0.05) is 43.3 Å². The Morgan fingerprint density at radius 3 is 2.57 bits per heavy atom. The number of guanidine groups is 1. The highest BCUT2D eigenvalue weighted by atomic mass is 127. The number of benzene rings is 1. The number of hydrogen-bond acceptors (Lipinski definition) is 4.